The molecule has 0 spiro atoms. The first kappa shape index (κ1) is 21.3. The Balaban J connectivity index is 1.46. The Bertz CT molecular complexity index is 1170. The monoisotopic (exact) mass is 439 g/mol. The van der Waals surface area contributed by atoms with Gasteiger partial charge in [-0.15, -0.1) is 0 Å². The zero-order chi connectivity index (χ0) is 21.8. The van der Waals surface area contributed by atoms with Gasteiger partial charge in [-0.05, 0) is 50.1 Å². The molecule has 2 heterocycles. The number of aryl methyl sites for hydroxylation is 1. The predicted molar refractivity (Wildman–Crippen MR) is 118 cm³/mol. The highest BCUT2D eigenvalue weighted by molar-refractivity contribution is 7.89. The highest BCUT2D eigenvalue weighted by atomic mass is 32.2. The Hall–Kier alpha value is -2.97. The number of benzene rings is 2. The van der Waals surface area contributed by atoms with E-state index < -0.39 is 10.0 Å². The second kappa shape index (κ2) is 9.03. The first-order valence-corrected chi connectivity index (χ1v) is 11.8. The van der Waals surface area contributed by atoms with Gasteiger partial charge in [0.2, 0.25) is 21.8 Å². The van der Waals surface area contributed by atoms with Crippen molar-refractivity contribution in [2.24, 2.45) is 0 Å². The van der Waals surface area contributed by atoms with Gasteiger partial charge in [-0.1, -0.05) is 30.7 Å². The molecule has 0 saturated carbocycles. The van der Waals surface area contributed by atoms with Crippen molar-refractivity contribution in [2.45, 2.75) is 37.5 Å². The molecule has 1 amide bonds. The number of rotatable bonds is 6. The Labute approximate surface area is 182 Å². The van der Waals surface area contributed by atoms with Crippen LogP contribution in [0.25, 0.3) is 11.5 Å². The van der Waals surface area contributed by atoms with Crippen molar-refractivity contribution >= 4 is 21.6 Å². The molecule has 1 aromatic heterocycles. The number of aromatic nitrogens is 1. The van der Waals surface area contributed by atoms with Gasteiger partial charge in [-0.3, -0.25) is 4.79 Å². The van der Waals surface area contributed by atoms with E-state index in [1.807, 2.05) is 30.3 Å². The molecule has 1 saturated heterocycles. The standard InChI is InChI=1S/C23H25N3O4S/c1-17-21(25-23(30-17)18-9-4-2-5-10-18)16-22(27)24-19-11-8-12-20(15-19)31(28,29)26-13-6-3-7-14-26/h2,4-5,8-12,15H,3,6-7,13-14,16H2,1H3,(H,24,27). The number of anilines is 1. The molecule has 4 rings (SSSR count). The van der Waals surface area contributed by atoms with E-state index in [1.165, 1.54) is 10.4 Å². The minimum absolute atomic E-state index is 0.0330. The zero-order valence-electron chi connectivity index (χ0n) is 17.4. The number of carbonyl (C=O) groups is 1. The van der Waals surface area contributed by atoms with Gasteiger partial charge in [-0.25, -0.2) is 13.4 Å². The van der Waals surface area contributed by atoms with Gasteiger partial charge in [0.25, 0.3) is 0 Å². The number of amides is 1. The average molecular weight is 440 g/mol. The number of oxazole rings is 1. The molecule has 1 N–H and O–H groups in total. The first-order chi connectivity index (χ1) is 14.9. The van der Waals surface area contributed by atoms with Crippen LogP contribution in [-0.2, 0) is 21.2 Å². The van der Waals surface area contributed by atoms with Crippen molar-refractivity contribution in [1.29, 1.82) is 0 Å². The molecule has 0 bridgehead atoms. The van der Waals surface area contributed by atoms with E-state index in [4.69, 9.17) is 4.42 Å². The lowest BCUT2D eigenvalue weighted by Gasteiger charge is -2.26. The first-order valence-electron chi connectivity index (χ1n) is 10.4. The molecule has 8 heteroatoms. The smallest absolute Gasteiger partial charge is 0.243 e. The number of hydrogen-bond donors (Lipinski definition) is 1. The van der Waals surface area contributed by atoms with Crippen molar-refractivity contribution in [1.82, 2.24) is 9.29 Å². The molecule has 1 fully saturated rings. The quantitative estimate of drug-likeness (QED) is 0.627. The molecule has 1 aliphatic rings. The molecule has 0 aliphatic carbocycles. The van der Waals surface area contributed by atoms with Crippen LogP contribution in [0.5, 0.6) is 0 Å². The van der Waals surface area contributed by atoms with Crippen LogP contribution in [0.1, 0.15) is 30.7 Å². The summed E-state index contributed by atoms with van der Waals surface area (Å²) in [4.78, 5) is 17.2. The van der Waals surface area contributed by atoms with Gasteiger partial charge in [0.15, 0.2) is 0 Å². The molecule has 0 atom stereocenters. The summed E-state index contributed by atoms with van der Waals surface area (Å²) in [7, 11) is -3.56. The zero-order valence-corrected chi connectivity index (χ0v) is 18.2. The lowest BCUT2D eigenvalue weighted by Crippen LogP contribution is -2.35. The van der Waals surface area contributed by atoms with Crippen LogP contribution in [0, 0.1) is 6.92 Å². The molecule has 7 nitrogen and oxygen atoms in total. The fourth-order valence-corrected chi connectivity index (χ4v) is 5.21. The average Bonchev–Trinajstić information content (AvgIpc) is 3.15. The summed E-state index contributed by atoms with van der Waals surface area (Å²) < 4.78 is 33.0. The second-order valence-corrected chi connectivity index (χ2v) is 9.54. The Morgan fingerprint density at radius 1 is 1.06 bits per heavy atom. The molecule has 0 unspecified atom stereocenters. The molecule has 1 aliphatic heterocycles. The fraction of sp³-hybridized carbons (Fsp3) is 0.304. The van der Waals surface area contributed by atoms with E-state index in [1.54, 1.807) is 25.1 Å². The maximum Gasteiger partial charge on any atom is 0.243 e. The number of sulfonamides is 1. The number of nitrogens with one attached hydrogen (secondary N) is 1. The minimum Gasteiger partial charge on any atom is -0.441 e. The summed E-state index contributed by atoms with van der Waals surface area (Å²) in [6.45, 7) is 2.84. The van der Waals surface area contributed by atoms with Gasteiger partial charge < -0.3 is 9.73 Å². The molecule has 3 aromatic rings. The van der Waals surface area contributed by atoms with Crippen LogP contribution >= 0.6 is 0 Å². The third-order valence-electron chi connectivity index (χ3n) is 5.31. The SMILES string of the molecule is Cc1oc(-c2ccccc2)nc1CC(=O)Nc1cccc(S(=O)(=O)N2CCCCC2)c1. The van der Waals surface area contributed by atoms with Crippen LogP contribution < -0.4 is 5.32 Å². The van der Waals surface area contributed by atoms with E-state index in [0.717, 1.165) is 24.8 Å². The van der Waals surface area contributed by atoms with Gasteiger partial charge in [0.1, 0.15) is 5.76 Å². The molecular weight excluding hydrogens is 414 g/mol. The van der Waals surface area contributed by atoms with Crippen LogP contribution in [0.15, 0.2) is 63.9 Å². The molecular formula is C23H25N3O4S. The highest BCUT2D eigenvalue weighted by Gasteiger charge is 2.26. The van der Waals surface area contributed by atoms with Crippen molar-refractivity contribution in [2.75, 3.05) is 18.4 Å². The van der Waals surface area contributed by atoms with Gasteiger partial charge in [0.05, 0.1) is 17.0 Å². The number of nitrogens with zero attached hydrogens (tertiary/aromatic N) is 2. The summed E-state index contributed by atoms with van der Waals surface area (Å²) in [6, 6.07) is 15.9. The van der Waals surface area contributed by atoms with E-state index in [-0.39, 0.29) is 17.2 Å². The van der Waals surface area contributed by atoms with Gasteiger partial charge >= 0.3 is 0 Å². The Morgan fingerprint density at radius 2 is 1.81 bits per heavy atom. The van der Waals surface area contributed by atoms with Crippen LogP contribution in [0.3, 0.4) is 0 Å². The Kier molecular flexibility index (Phi) is 6.20. The summed E-state index contributed by atoms with van der Waals surface area (Å²) in [5.74, 6) is 0.759. The lowest BCUT2D eigenvalue weighted by molar-refractivity contribution is -0.115. The predicted octanol–water partition coefficient (Wildman–Crippen LogP) is 4.01. The minimum atomic E-state index is -3.56. The van der Waals surface area contributed by atoms with Crippen LogP contribution in [0.2, 0.25) is 0 Å². The van der Waals surface area contributed by atoms with Crippen LogP contribution in [-0.4, -0.2) is 36.7 Å². The van der Waals surface area contributed by atoms with E-state index in [0.29, 0.717) is 36.1 Å². The summed E-state index contributed by atoms with van der Waals surface area (Å²) in [5.41, 5.74) is 1.83. The van der Waals surface area contributed by atoms with Gasteiger partial charge in [0, 0.05) is 24.3 Å². The maximum absolute atomic E-state index is 12.9. The third kappa shape index (κ3) is 4.86. The highest BCUT2D eigenvalue weighted by Crippen LogP contribution is 2.24. The van der Waals surface area contributed by atoms with Gasteiger partial charge in [-0.2, -0.15) is 4.31 Å². The lowest BCUT2D eigenvalue weighted by atomic mass is 10.2. The van der Waals surface area contributed by atoms with E-state index >= 15 is 0 Å². The molecule has 162 valence electrons. The van der Waals surface area contributed by atoms with Crippen molar-refractivity contribution in [3.8, 4) is 11.5 Å². The van der Waals surface area contributed by atoms with Crippen molar-refractivity contribution < 1.29 is 17.6 Å². The molecule has 2 aromatic carbocycles. The maximum atomic E-state index is 12.9. The Morgan fingerprint density at radius 3 is 2.55 bits per heavy atom. The third-order valence-corrected chi connectivity index (χ3v) is 7.21. The summed E-state index contributed by atoms with van der Waals surface area (Å²) in [5, 5.41) is 2.78. The topological polar surface area (TPSA) is 92.5 Å². The number of piperidine rings is 1. The molecule has 31 heavy (non-hydrogen) atoms. The van der Waals surface area contributed by atoms with Crippen molar-refractivity contribution in [3.63, 3.8) is 0 Å². The summed E-state index contributed by atoms with van der Waals surface area (Å²) in [6.07, 6.45) is 2.83. The number of hydrogen-bond acceptors (Lipinski definition) is 5. The normalized spacial score (nSPS) is 15.0. The largest absolute Gasteiger partial charge is 0.441 e. The second-order valence-electron chi connectivity index (χ2n) is 7.61. The number of carbonyl (C=O) groups excluding carboxylic acids is 1. The van der Waals surface area contributed by atoms with E-state index in [2.05, 4.69) is 10.3 Å². The molecule has 0 radical (unpaired) electrons. The van der Waals surface area contributed by atoms with Crippen molar-refractivity contribution in [3.05, 3.63) is 66.1 Å². The summed E-state index contributed by atoms with van der Waals surface area (Å²) >= 11 is 0. The fourth-order valence-electron chi connectivity index (χ4n) is 3.64. The van der Waals surface area contributed by atoms with Crippen LogP contribution in [0.4, 0.5) is 5.69 Å². The van der Waals surface area contributed by atoms with E-state index in [9.17, 15) is 13.2 Å².